The maximum Gasteiger partial charge on any atom is 0.264 e. The Balaban J connectivity index is 1.81. The van der Waals surface area contributed by atoms with Crippen LogP contribution in [0.25, 0.3) is 0 Å². The summed E-state index contributed by atoms with van der Waals surface area (Å²) >= 11 is 6.07. The summed E-state index contributed by atoms with van der Waals surface area (Å²) < 4.78 is 29.5. The first kappa shape index (κ1) is 33.7. The zero-order chi connectivity index (χ0) is 32.6. The molecule has 0 bridgehead atoms. The third-order valence-corrected chi connectivity index (χ3v) is 9.75. The normalized spacial score (nSPS) is 11.9. The number of sulfonamides is 1. The summed E-state index contributed by atoms with van der Waals surface area (Å²) in [4.78, 5) is 29.8. The third-order valence-electron chi connectivity index (χ3n) is 7.71. The molecule has 4 aromatic rings. The summed E-state index contributed by atoms with van der Waals surface area (Å²) in [7, 11) is -4.20. The van der Waals surface area contributed by atoms with E-state index in [9.17, 15) is 18.0 Å². The predicted molar refractivity (Wildman–Crippen MR) is 181 cm³/mol. The van der Waals surface area contributed by atoms with Crippen molar-refractivity contribution in [3.05, 3.63) is 130 Å². The van der Waals surface area contributed by atoms with E-state index in [0.717, 1.165) is 38.5 Å². The van der Waals surface area contributed by atoms with Gasteiger partial charge in [-0.2, -0.15) is 0 Å². The van der Waals surface area contributed by atoms with E-state index in [0.29, 0.717) is 17.3 Å². The average molecular weight is 646 g/mol. The van der Waals surface area contributed by atoms with Crippen molar-refractivity contribution in [2.75, 3.05) is 17.4 Å². The standard InChI is InChI=1S/C36H40ClN3O4S/c1-5-20-38-36(42)34(23-29-11-7-6-8-12-29)39(24-30-13-9-10-26(2)21-30)35(41)25-40(32-17-14-27(3)28(4)22-32)45(43,44)33-18-15-31(37)16-19-33/h6-19,21-22,34H,5,20,23-25H2,1-4H3,(H,38,42)/t34-/m1/s1. The molecular weight excluding hydrogens is 606 g/mol. The minimum Gasteiger partial charge on any atom is -0.354 e. The van der Waals surface area contributed by atoms with E-state index in [1.807, 2.05) is 88.4 Å². The Morgan fingerprint density at radius 1 is 0.822 bits per heavy atom. The van der Waals surface area contributed by atoms with E-state index in [2.05, 4.69) is 5.32 Å². The van der Waals surface area contributed by atoms with Crippen molar-refractivity contribution in [1.29, 1.82) is 0 Å². The van der Waals surface area contributed by atoms with E-state index in [1.54, 1.807) is 12.1 Å². The van der Waals surface area contributed by atoms with Crippen LogP contribution >= 0.6 is 11.6 Å². The molecule has 1 N–H and O–H groups in total. The molecule has 4 rings (SSSR count). The Labute approximate surface area is 271 Å². The lowest BCUT2D eigenvalue weighted by molar-refractivity contribution is -0.140. The Bertz CT molecular complexity index is 1730. The van der Waals surface area contributed by atoms with Gasteiger partial charge in [-0.25, -0.2) is 8.42 Å². The molecule has 0 heterocycles. The molecule has 0 radical (unpaired) electrons. The zero-order valence-electron chi connectivity index (χ0n) is 26.2. The van der Waals surface area contributed by atoms with Crippen LogP contribution in [0.5, 0.6) is 0 Å². The first-order chi connectivity index (χ1) is 21.5. The second kappa shape index (κ2) is 15.2. The van der Waals surface area contributed by atoms with Gasteiger partial charge in [0, 0.05) is 24.5 Å². The predicted octanol–water partition coefficient (Wildman–Crippen LogP) is 6.63. The van der Waals surface area contributed by atoms with Gasteiger partial charge in [-0.3, -0.25) is 13.9 Å². The first-order valence-corrected chi connectivity index (χ1v) is 16.8. The van der Waals surface area contributed by atoms with Gasteiger partial charge in [-0.15, -0.1) is 0 Å². The first-order valence-electron chi connectivity index (χ1n) is 15.0. The van der Waals surface area contributed by atoms with Crippen LogP contribution in [0.4, 0.5) is 5.69 Å². The highest BCUT2D eigenvalue weighted by Gasteiger charge is 2.34. The number of amides is 2. The van der Waals surface area contributed by atoms with Gasteiger partial charge >= 0.3 is 0 Å². The molecule has 1 atom stereocenters. The highest BCUT2D eigenvalue weighted by atomic mass is 35.5. The number of nitrogens with one attached hydrogen (secondary N) is 1. The number of benzene rings is 4. The van der Waals surface area contributed by atoms with Crippen molar-refractivity contribution >= 4 is 39.1 Å². The molecule has 0 spiro atoms. The molecule has 9 heteroatoms. The van der Waals surface area contributed by atoms with Gasteiger partial charge in [0.25, 0.3) is 10.0 Å². The summed E-state index contributed by atoms with van der Waals surface area (Å²) in [5.41, 5.74) is 4.96. The number of rotatable bonds is 13. The molecule has 0 saturated carbocycles. The smallest absolute Gasteiger partial charge is 0.264 e. The SMILES string of the molecule is CCCNC(=O)[C@@H](Cc1ccccc1)N(Cc1cccc(C)c1)C(=O)CN(c1ccc(C)c(C)c1)S(=O)(=O)c1ccc(Cl)cc1. The number of carbonyl (C=O) groups excluding carboxylic acids is 2. The molecule has 0 fully saturated rings. The van der Waals surface area contributed by atoms with Crippen molar-refractivity contribution in [1.82, 2.24) is 10.2 Å². The average Bonchev–Trinajstić information content (AvgIpc) is 3.02. The molecule has 236 valence electrons. The van der Waals surface area contributed by atoms with E-state index in [4.69, 9.17) is 11.6 Å². The summed E-state index contributed by atoms with van der Waals surface area (Å²) in [6.45, 7) is 7.83. The van der Waals surface area contributed by atoms with Crippen molar-refractivity contribution < 1.29 is 18.0 Å². The third kappa shape index (κ3) is 8.74. The van der Waals surface area contributed by atoms with Crippen molar-refractivity contribution in [2.24, 2.45) is 0 Å². The Morgan fingerprint density at radius 2 is 1.51 bits per heavy atom. The fourth-order valence-corrected chi connectivity index (χ4v) is 6.60. The maximum atomic E-state index is 14.5. The van der Waals surface area contributed by atoms with Crippen LogP contribution in [0.1, 0.15) is 41.2 Å². The fraction of sp³-hybridized carbons (Fsp3) is 0.278. The van der Waals surface area contributed by atoms with Crippen LogP contribution in [0.15, 0.2) is 102 Å². The Kier molecular flexibility index (Phi) is 11.4. The van der Waals surface area contributed by atoms with Crippen molar-refractivity contribution in [3.63, 3.8) is 0 Å². The summed E-state index contributed by atoms with van der Waals surface area (Å²) in [5.74, 6) is -0.792. The molecule has 0 aliphatic heterocycles. The lowest BCUT2D eigenvalue weighted by atomic mass is 10.0. The number of carbonyl (C=O) groups is 2. The van der Waals surface area contributed by atoms with Crippen molar-refractivity contribution in [2.45, 2.75) is 58.0 Å². The van der Waals surface area contributed by atoms with Gasteiger partial charge in [0.05, 0.1) is 10.6 Å². The van der Waals surface area contributed by atoms with Crippen LogP contribution in [0.3, 0.4) is 0 Å². The van der Waals surface area contributed by atoms with E-state index in [1.165, 1.54) is 29.2 Å². The monoisotopic (exact) mass is 645 g/mol. The van der Waals surface area contributed by atoms with Gasteiger partial charge in [0.2, 0.25) is 11.8 Å². The van der Waals surface area contributed by atoms with Gasteiger partial charge in [-0.05, 0) is 85.8 Å². The van der Waals surface area contributed by atoms with Crippen LogP contribution < -0.4 is 9.62 Å². The number of hydrogen-bond donors (Lipinski definition) is 1. The van der Waals surface area contributed by atoms with Crippen LogP contribution in [0, 0.1) is 20.8 Å². The highest BCUT2D eigenvalue weighted by Crippen LogP contribution is 2.27. The van der Waals surface area contributed by atoms with Gasteiger partial charge < -0.3 is 10.2 Å². The summed E-state index contributed by atoms with van der Waals surface area (Å²) in [5, 5.41) is 3.37. The Morgan fingerprint density at radius 3 is 2.16 bits per heavy atom. The molecule has 4 aromatic carbocycles. The van der Waals surface area contributed by atoms with Gasteiger partial charge in [0.1, 0.15) is 12.6 Å². The van der Waals surface area contributed by atoms with Gasteiger partial charge in [-0.1, -0.05) is 84.8 Å². The number of anilines is 1. The minimum absolute atomic E-state index is 0.00434. The lowest BCUT2D eigenvalue weighted by Crippen LogP contribution is -2.53. The second-order valence-electron chi connectivity index (χ2n) is 11.2. The van der Waals surface area contributed by atoms with E-state index in [-0.39, 0.29) is 23.8 Å². The lowest BCUT2D eigenvalue weighted by Gasteiger charge is -2.34. The number of nitrogens with zero attached hydrogens (tertiary/aromatic N) is 2. The minimum atomic E-state index is -4.20. The van der Waals surface area contributed by atoms with Gasteiger partial charge in [0.15, 0.2) is 0 Å². The number of halogens is 1. The molecular formula is C36H40ClN3O4S. The molecule has 0 aromatic heterocycles. The topological polar surface area (TPSA) is 86.8 Å². The highest BCUT2D eigenvalue weighted by molar-refractivity contribution is 7.92. The molecule has 7 nitrogen and oxygen atoms in total. The van der Waals surface area contributed by atoms with Crippen LogP contribution in [-0.4, -0.2) is 44.3 Å². The summed E-state index contributed by atoms with van der Waals surface area (Å²) in [6.07, 6.45) is 0.997. The Hall–Kier alpha value is -4.14. The molecule has 0 unspecified atom stereocenters. The quantitative estimate of drug-likeness (QED) is 0.177. The van der Waals surface area contributed by atoms with E-state index < -0.39 is 28.5 Å². The van der Waals surface area contributed by atoms with Crippen molar-refractivity contribution in [3.8, 4) is 0 Å². The zero-order valence-corrected chi connectivity index (χ0v) is 27.7. The molecule has 0 aliphatic rings. The fourth-order valence-electron chi connectivity index (χ4n) is 5.07. The number of hydrogen-bond acceptors (Lipinski definition) is 4. The molecule has 0 saturated heterocycles. The number of aryl methyl sites for hydroxylation is 3. The molecule has 45 heavy (non-hydrogen) atoms. The largest absolute Gasteiger partial charge is 0.354 e. The van der Waals surface area contributed by atoms with E-state index >= 15 is 0 Å². The second-order valence-corrected chi connectivity index (χ2v) is 13.5. The van der Waals surface area contributed by atoms with Crippen LogP contribution in [-0.2, 0) is 32.6 Å². The molecule has 0 aliphatic carbocycles. The molecule has 2 amide bonds. The van der Waals surface area contributed by atoms with Crippen LogP contribution in [0.2, 0.25) is 5.02 Å². The summed E-state index contributed by atoms with van der Waals surface area (Å²) in [6, 6.07) is 27.5. The maximum absolute atomic E-state index is 14.5.